The van der Waals surface area contributed by atoms with Gasteiger partial charge in [-0.3, -0.25) is 5.10 Å². The molecule has 22 heavy (non-hydrogen) atoms. The first kappa shape index (κ1) is 16.4. The van der Waals surface area contributed by atoms with E-state index in [1.807, 2.05) is 21.0 Å². The maximum Gasteiger partial charge on any atom is 0.244 e. The third-order valence-electron chi connectivity index (χ3n) is 3.07. The number of hydrogen-bond donors (Lipinski definition) is 2. The van der Waals surface area contributed by atoms with Gasteiger partial charge in [0.15, 0.2) is 0 Å². The minimum Gasteiger partial charge on any atom is -0.347 e. The van der Waals surface area contributed by atoms with Gasteiger partial charge < -0.3 is 4.90 Å². The molecule has 0 saturated heterocycles. The molecule has 0 aromatic carbocycles. The highest BCUT2D eigenvalue weighted by Gasteiger charge is 2.22. The first-order valence-corrected chi connectivity index (χ1v) is 8.22. The molecular formula is C13H20N6O2S. The molecule has 0 aliphatic rings. The van der Waals surface area contributed by atoms with Gasteiger partial charge in [-0.2, -0.15) is 5.10 Å². The number of rotatable bonds is 5. The number of aromatic nitrogens is 4. The van der Waals surface area contributed by atoms with Gasteiger partial charge in [-0.15, -0.1) is 0 Å². The minimum atomic E-state index is -3.64. The zero-order chi connectivity index (χ0) is 16.5. The summed E-state index contributed by atoms with van der Waals surface area (Å²) in [6.07, 6.45) is 0. The molecule has 2 aromatic heterocycles. The van der Waals surface area contributed by atoms with E-state index in [-0.39, 0.29) is 11.4 Å². The van der Waals surface area contributed by atoms with Crippen LogP contribution in [0.5, 0.6) is 0 Å². The molecule has 0 saturated carbocycles. The minimum absolute atomic E-state index is 0.0938. The van der Waals surface area contributed by atoms with Gasteiger partial charge in [0, 0.05) is 19.8 Å². The molecule has 0 fully saturated rings. The van der Waals surface area contributed by atoms with Crippen LogP contribution in [0.3, 0.4) is 0 Å². The summed E-state index contributed by atoms with van der Waals surface area (Å²) in [5.41, 5.74) is 2.35. The summed E-state index contributed by atoms with van der Waals surface area (Å²) in [4.78, 5) is 10.6. The number of sulfonamides is 1. The van der Waals surface area contributed by atoms with E-state index in [2.05, 4.69) is 24.9 Å². The Labute approximate surface area is 130 Å². The van der Waals surface area contributed by atoms with Crippen LogP contribution < -0.4 is 9.62 Å². The van der Waals surface area contributed by atoms with Crippen LogP contribution in [0.2, 0.25) is 0 Å². The zero-order valence-electron chi connectivity index (χ0n) is 13.3. The second kappa shape index (κ2) is 6.01. The van der Waals surface area contributed by atoms with Crippen molar-refractivity contribution < 1.29 is 8.42 Å². The van der Waals surface area contributed by atoms with E-state index >= 15 is 0 Å². The van der Waals surface area contributed by atoms with Gasteiger partial charge in [-0.05, 0) is 26.8 Å². The Hall–Kier alpha value is -2.00. The summed E-state index contributed by atoms with van der Waals surface area (Å²) in [5, 5.41) is 6.59. The number of hydrogen-bond acceptors (Lipinski definition) is 6. The number of nitrogens with one attached hydrogen (secondary N) is 2. The van der Waals surface area contributed by atoms with Gasteiger partial charge in [-0.1, -0.05) is 0 Å². The normalized spacial score (nSPS) is 11.7. The fourth-order valence-corrected chi connectivity index (χ4v) is 3.45. The molecule has 0 amide bonds. The molecule has 2 heterocycles. The molecule has 0 bridgehead atoms. The van der Waals surface area contributed by atoms with Crippen molar-refractivity contribution in [1.82, 2.24) is 24.9 Å². The van der Waals surface area contributed by atoms with E-state index in [9.17, 15) is 8.42 Å². The molecule has 8 nitrogen and oxygen atoms in total. The van der Waals surface area contributed by atoms with Crippen molar-refractivity contribution in [3.63, 3.8) is 0 Å². The Morgan fingerprint density at radius 1 is 1.23 bits per heavy atom. The molecule has 0 aliphatic carbocycles. The first-order chi connectivity index (χ1) is 10.2. The standard InChI is InChI=1S/C13H20N6O2S/c1-8-6-11(16-13(15-8)19(4)5)7-14-22(20,21)12-9(2)17-18-10(12)3/h6,14H,7H2,1-5H3,(H,17,18). The molecule has 0 unspecified atom stereocenters. The summed E-state index contributed by atoms with van der Waals surface area (Å²) >= 11 is 0. The number of H-pyrrole nitrogens is 1. The molecular weight excluding hydrogens is 304 g/mol. The van der Waals surface area contributed by atoms with Crippen molar-refractivity contribution in [3.8, 4) is 0 Å². The van der Waals surface area contributed by atoms with E-state index in [1.165, 1.54) is 0 Å². The van der Waals surface area contributed by atoms with Gasteiger partial charge in [-0.25, -0.2) is 23.1 Å². The van der Waals surface area contributed by atoms with Crippen molar-refractivity contribution in [2.45, 2.75) is 32.2 Å². The lowest BCUT2D eigenvalue weighted by atomic mass is 10.3. The highest BCUT2D eigenvalue weighted by Crippen LogP contribution is 2.17. The molecule has 0 spiro atoms. The van der Waals surface area contributed by atoms with Crippen LogP contribution in [0.25, 0.3) is 0 Å². The highest BCUT2D eigenvalue weighted by molar-refractivity contribution is 7.89. The summed E-state index contributed by atoms with van der Waals surface area (Å²) in [6, 6.07) is 1.75. The summed E-state index contributed by atoms with van der Waals surface area (Å²) in [6.45, 7) is 5.26. The fourth-order valence-electron chi connectivity index (χ4n) is 2.09. The van der Waals surface area contributed by atoms with E-state index in [4.69, 9.17) is 0 Å². The monoisotopic (exact) mass is 324 g/mol. The number of nitrogens with zero attached hydrogens (tertiary/aromatic N) is 4. The second-order valence-corrected chi connectivity index (χ2v) is 6.99. The Kier molecular flexibility index (Phi) is 4.47. The summed E-state index contributed by atoms with van der Waals surface area (Å²) in [7, 11) is 0.0283. The Bertz CT molecular complexity index is 762. The van der Waals surface area contributed by atoms with Crippen molar-refractivity contribution in [1.29, 1.82) is 0 Å². The zero-order valence-corrected chi connectivity index (χ0v) is 14.1. The van der Waals surface area contributed by atoms with Crippen LogP contribution in [-0.2, 0) is 16.6 Å². The number of anilines is 1. The molecule has 120 valence electrons. The quantitative estimate of drug-likeness (QED) is 0.838. The topological polar surface area (TPSA) is 104 Å². The summed E-state index contributed by atoms with van der Waals surface area (Å²) in [5.74, 6) is 0.546. The number of aromatic amines is 1. The summed E-state index contributed by atoms with van der Waals surface area (Å²) < 4.78 is 27.3. The van der Waals surface area contributed by atoms with E-state index in [0.717, 1.165) is 5.69 Å². The predicted octanol–water partition coefficient (Wildman–Crippen LogP) is 0.669. The van der Waals surface area contributed by atoms with Crippen LogP contribution in [0.1, 0.15) is 22.8 Å². The first-order valence-electron chi connectivity index (χ1n) is 6.74. The van der Waals surface area contributed by atoms with Crippen LogP contribution in [0.4, 0.5) is 5.95 Å². The number of aryl methyl sites for hydroxylation is 3. The molecule has 2 N–H and O–H groups in total. The lowest BCUT2D eigenvalue weighted by Crippen LogP contribution is -2.25. The lowest BCUT2D eigenvalue weighted by molar-refractivity contribution is 0.579. The van der Waals surface area contributed by atoms with Crippen LogP contribution >= 0.6 is 0 Å². The Balaban J connectivity index is 2.23. The predicted molar refractivity (Wildman–Crippen MR) is 83.2 cm³/mol. The van der Waals surface area contributed by atoms with Gasteiger partial charge in [0.05, 0.1) is 23.6 Å². The third-order valence-corrected chi connectivity index (χ3v) is 4.73. The molecule has 0 radical (unpaired) electrons. The molecule has 9 heteroatoms. The van der Waals surface area contributed by atoms with Gasteiger partial charge in [0.2, 0.25) is 16.0 Å². The van der Waals surface area contributed by atoms with Crippen molar-refractivity contribution >= 4 is 16.0 Å². The second-order valence-electron chi connectivity index (χ2n) is 5.28. The smallest absolute Gasteiger partial charge is 0.244 e. The van der Waals surface area contributed by atoms with Gasteiger partial charge in [0.1, 0.15) is 4.90 Å². The largest absolute Gasteiger partial charge is 0.347 e. The van der Waals surface area contributed by atoms with Crippen LogP contribution in [-0.4, -0.2) is 42.7 Å². The molecule has 2 aromatic rings. The van der Waals surface area contributed by atoms with Crippen molar-refractivity contribution in [3.05, 3.63) is 28.8 Å². The van der Waals surface area contributed by atoms with E-state index in [1.54, 1.807) is 24.8 Å². The van der Waals surface area contributed by atoms with E-state index < -0.39 is 10.0 Å². The molecule has 0 atom stereocenters. The van der Waals surface area contributed by atoms with Gasteiger partial charge in [0.25, 0.3) is 0 Å². The van der Waals surface area contributed by atoms with Crippen molar-refractivity contribution in [2.75, 3.05) is 19.0 Å². The Morgan fingerprint density at radius 3 is 2.45 bits per heavy atom. The SMILES string of the molecule is Cc1cc(CNS(=O)(=O)c2c(C)n[nH]c2C)nc(N(C)C)n1. The lowest BCUT2D eigenvalue weighted by Gasteiger charge is -2.13. The molecule has 2 rings (SSSR count). The highest BCUT2D eigenvalue weighted by atomic mass is 32.2. The molecule has 0 aliphatic heterocycles. The van der Waals surface area contributed by atoms with E-state index in [0.29, 0.717) is 23.0 Å². The van der Waals surface area contributed by atoms with Crippen molar-refractivity contribution in [2.24, 2.45) is 0 Å². The van der Waals surface area contributed by atoms with Gasteiger partial charge >= 0.3 is 0 Å². The van der Waals surface area contributed by atoms with Crippen LogP contribution in [0, 0.1) is 20.8 Å². The maximum absolute atomic E-state index is 12.4. The average Bonchev–Trinajstić information content (AvgIpc) is 2.76. The Morgan fingerprint density at radius 2 is 1.91 bits per heavy atom. The average molecular weight is 324 g/mol. The third kappa shape index (κ3) is 3.42. The van der Waals surface area contributed by atoms with Crippen LogP contribution in [0.15, 0.2) is 11.0 Å². The fraction of sp³-hybridized carbons (Fsp3) is 0.462. The maximum atomic E-state index is 12.4.